The summed E-state index contributed by atoms with van der Waals surface area (Å²) in [5.74, 6) is 1.19. The van der Waals surface area contributed by atoms with Crippen LogP contribution in [-0.4, -0.2) is 37.0 Å². The molecule has 0 aliphatic carbocycles. The quantitative estimate of drug-likeness (QED) is 0.646. The minimum Gasteiger partial charge on any atom is -0.353 e. The molecule has 0 bridgehead atoms. The second-order valence-electron chi connectivity index (χ2n) is 3.03. The summed E-state index contributed by atoms with van der Waals surface area (Å²) in [4.78, 5) is 11.2. The van der Waals surface area contributed by atoms with Crippen molar-refractivity contribution in [3.8, 4) is 0 Å². The molecule has 0 heterocycles. The molecule has 0 aliphatic heterocycles. The van der Waals surface area contributed by atoms with Gasteiger partial charge in [-0.25, -0.2) is 0 Å². The highest BCUT2D eigenvalue weighted by Gasteiger charge is 2.05. The van der Waals surface area contributed by atoms with Crippen molar-refractivity contribution in [1.82, 2.24) is 10.6 Å². The second-order valence-corrected chi connectivity index (χ2v) is 4.02. The van der Waals surface area contributed by atoms with Gasteiger partial charge >= 0.3 is 0 Å². The third-order valence-electron chi connectivity index (χ3n) is 1.70. The fraction of sp³-hybridized carbons (Fsp3) is 0.889. The van der Waals surface area contributed by atoms with E-state index in [2.05, 4.69) is 16.9 Å². The molecular formula is C9H20N2OS. The van der Waals surface area contributed by atoms with E-state index < -0.39 is 0 Å². The van der Waals surface area contributed by atoms with Crippen molar-refractivity contribution in [2.45, 2.75) is 26.3 Å². The third kappa shape index (κ3) is 8.12. The maximum Gasteiger partial charge on any atom is 0.234 e. The van der Waals surface area contributed by atoms with Crippen LogP contribution in [-0.2, 0) is 4.79 Å². The summed E-state index contributed by atoms with van der Waals surface area (Å²) < 4.78 is 0. The highest BCUT2D eigenvalue weighted by atomic mass is 32.2. The molecule has 2 N–H and O–H groups in total. The molecule has 0 spiro atoms. The number of hydrogen-bond acceptors (Lipinski definition) is 3. The van der Waals surface area contributed by atoms with Gasteiger partial charge in [-0.2, -0.15) is 11.8 Å². The topological polar surface area (TPSA) is 41.1 Å². The van der Waals surface area contributed by atoms with Crippen LogP contribution in [0.5, 0.6) is 0 Å². The average Bonchev–Trinajstić information content (AvgIpc) is 2.11. The maximum absolute atomic E-state index is 11.2. The van der Waals surface area contributed by atoms with Crippen LogP contribution in [0.2, 0.25) is 0 Å². The van der Waals surface area contributed by atoms with Crippen molar-refractivity contribution in [3.63, 3.8) is 0 Å². The fourth-order valence-corrected chi connectivity index (χ4v) is 1.52. The summed E-state index contributed by atoms with van der Waals surface area (Å²) in [6.07, 6.45) is 3.12. The number of rotatable bonds is 7. The Kier molecular flexibility index (Phi) is 8.24. The van der Waals surface area contributed by atoms with Gasteiger partial charge in [0.2, 0.25) is 5.91 Å². The number of hydrogen-bond donors (Lipinski definition) is 2. The Morgan fingerprint density at radius 1 is 1.54 bits per heavy atom. The summed E-state index contributed by atoms with van der Waals surface area (Å²) in [5.41, 5.74) is 0. The summed E-state index contributed by atoms with van der Waals surface area (Å²) in [6.45, 7) is 5.30. The smallest absolute Gasteiger partial charge is 0.234 e. The van der Waals surface area contributed by atoms with Gasteiger partial charge in [0, 0.05) is 6.04 Å². The molecule has 0 aromatic carbocycles. The van der Waals surface area contributed by atoms with Crippen LogP contribution in [0.4, 0.5) is 0 Å². The largest absolute Gasteiger partial charge is 0.353 e. The summed E-state index contributed by atoms with van der Waals surface area (Å²) in [5, 5.41) is 5.93. The molecule has 0 aromatic heterocycles. The van der Waals surface area contributed by atoms with E-state index in [0.717, 1.165) is 18.7 Å². The molecule has 0 rings (SSSR count). The standard InChI is InChI=1S/C9H20N2OS/c1-4-10-7-9(12)11-8(2)5-6-13-3/h8,10H,4-7H2,1-3H3,(H,11,12). The molecule has 78 valence electrons. The number of thioether (sulfide) groups is 1. The first-order valence-corrected chi connectivity index (χ1v) is 6.09. The molecular weight excluding hydrogens is 184 g/mol. The lowest BCUT2D eigenvalue weighted by molar-refractivity contribution is -0.120. The number of carbonyl (C=O) groups excluding carboxylic acids is 1. The zero-order chi connectivity index (χ0) is 10.1. The molecule has 0 saturated heterocycles. The Balaban J connectivity index is 3.41. The van der Waals surface area contributed by atoms with E-state index >= 15 is 0 Å². The van der Waals surface area contributed by atoms with Gasteiger partial charge < -0.3 is 10.6 Å². The molecule has 1 atom stereocenters. The van der Waals surface area contributed by atoms with Crippen LogP contribution < -0.4 is 10.6 Å². The SMILES string of the molecule is CCNCC(=O)NC(C)CCSC. The number of likely N-dealkylation sites (N-methyl/N-ethyl adjacent to an activating group) is 1. The molecule has 4 heteroatoms. The molecule has 0 aromatic rings. The monoisotopic (exact) mass is 204 g/mol. The molecule has 13 heavy (non-hydrogen) atoms. The summed E-state index contributed by atoms with van der Waals surface area (Å²) in [6, 6.07) is 0.290. The fourth-order valence-electron chi connectivity index (χ4n) is 0.931. The zero-order valence-corrected chi connectivity index (χ0v) is 9.54. The molecule has 0 aliphatic rings. The van der Waals surface area contributed by atoms with E-state index in [1.54, 1.807) is 0 Å². The average molecular weight is 204 g/mol. The second kappa shape index (κ2) is 8.38. The Bertz CT molecular complexity index is 142. The van der Waals surface area contributed by atoms with E-state index in [1.165, 1.54) is 0 Å². The maximum atomic E-state index is 11.2. The van der Waals surface area contributed by atoms with Crippen molar-refractivity contribution >= 4 is 17.7 Å². The van der Waals surface area contributed by atoms with Crippen molar-refractivity contribution in [3.05, 3.63) is 0 Å². The molecule has 3 nitrogen and oxygen atoms in total. The Hall–Kier alpha value is -0.220. The summed E-state index contributed by atoms with van der Waals surface area (Å²) >= 11 is 1.81. The van der Waals surface area contributed by atoms with E-state index in [9.17, 15) is 4.79 Å². The van der Waals surface area contributed by atoms with Gasteiger partial charge in [-0.05, 0) is 31.9 Å². The minimum absolute atomic E-state index is 0.0930. The number of amides is 1. The normalized spacial score (nSPS) is 12.5. The zero-order valence-electron chi connectivity index (χ0n) is 8.72. The van der Waals surface area contributed by atoms with Crippen LogP contribution >= 0.6 is 11.8 Å². The van der Waals surface area contributed by atoms with E-state index in [4.69, 9.17) is 0 Å². The number of nitrogens with one attached hydrogen (secondary N) is 2. The van der Waals surface area contributed by atoms with Crippen LogP contribution in [0.15, 0.2) is 0 Å². The third-order valence-corrected chi connectivity index (χ3v) is 2.34. The van der Waals surface area contributed by atoms with Crippen LogP contribution in [0.25, 0.3) is 0 Å². The molecule has 0 saturated carbocycles. The lowest BCUT2D eigenvalue weighted by atomic mass is 10.2. The van der Waals surface area contributed by atoms with Crippen molar-refractivity contribution in [2.24, 2.45) is 0 Å². The highest BCUT2D eigenvalue weighted by molar-refractivity contribution is 7.98. The van der Waals surface area contributed by atoms with Gasteiger partial charge in [0.25, 0.3) is 0 Å². The Labute approximate surface area is 85.0 Å². The van der Waals surface area contributed by atoms with Crippen LogP contribution in [0.1, 0.15) is 20.3 Å². The first-order chi connectivity index (χ1) is 6.20. The molecule has 0 fully saturated rings. The molecule has 1 amide bonds. The Morgan fingerprint density at radius 3 is 2.77 bits per heavy atom. The van der Waals surface area contributed by atoms with Gasteiger partial charge in [0.05, 0.1) is 6.54 Å². The van der Waals surface area contributed by atoms with Crippen molar-refractivity contribution in [2.75, 3.05) is 25.1 Å². The van der Waals surface area contributed by atoms with Crippen LogP contribution in [0, 0.1) is 0 Å². The van der Waals surface area contributed by atoms with Gasteiger partial charge in [-0.1, -0.05) is 6.92 Å². The lowest BCUT2D eigenvalue weighted by Crippen LogP contribution is -2.39. The minimum atomic E-state index is 0.0930. The summed E-state index contributed by atoms with van der Waals surface area (Å²) in [7, 11) is 0. The van der Waals surface area contributed by atoms with Gasteiger partial charge in [-0.15, -0.1) is 0 Å². The van der Waals surface area contributed by atoms with Crippen molar-refractivity contribution < 1.29 is 4.79 Å². The molecule has 1 unspecified atom stereocenters. The lowest BCUT2D eigenvalue weighted by Gasteiger charge is -2.12. The first-order valence-electron chi connectivity index (χ1n) is 4.69. The van der Waals surface area contributed by atoms with E-state index in [0.29, 0.717) is 12.6 Å². The first kappa shape index (κ1) is 12.8. The highest BCUT2D eigenvalue weighted by Crippen LogP contribution is 1.99. The van der Waals surface area contributed by atoms with Crippen molar-refractivity contribution in [1.29, 1.82) is 0 Å². The van der Waals surface area contributed by atoms with Gasteiger partial charge in [-0.3, -0.25) is 4.79 Å². The van der Waals surface area contributed by atoms with Crippen LogP contribution in [0.3, 0.4) is 0 Å². The van der Waals surface area contributed by atoms with Gasteiger partial charge in [0.1, 0.15) is 0 Å². The number of carbonyl (C=O) groups is 1. The predicted molar refractivity (Wildman–Crippen MR) is 59.1 cm³/mol. The van der Waals surface area contributed by atoms with Gasteiger partial charge in [0.15, 0.2) is 0 Å². The predicted octanol–water partition coefficient (Wildman–Crippen LogP) is 0.854. The van der Waals surface area contributed by atoms with E-state index in [-0.39, 0.29) is 5.91 Å². The Morgan fingerprint density at radius 2 is 2.23 bits per heavy atom. The molecule has 0 radical (unpaired) electrons. The van der Waals surface area contributed by atoms with E-state index in [1.807, 2.05) is 25.6 Å².